The highest BCUT2D eigenvalue weighted by molar-refractivity contribution is 6.07. The molecule has 2 fully saturated rings. The van der Waals surface area contributed by atoms with Crippen molar-refractivity contribution >= 4 is 11.5 Å². The van der Waals surface area contributed by atoms with Gasteiger partial charge in [-0.3, -0.25) is 14.8 Å². The first-order valence-corrected chi connectivity index (χ1v) is 11.2. The highest BCUT2D eigenvalue weighted by Gasteiger charge is 2.34. The van der Waals surface area contributed by atoms with Crippen LogP contribution in [-0.2, 0) is 11.3 Å². The van der Waals surface area contributed by atoms with Crippen LogP contribution in [0.2, 0.25) is 0 Å². The molecule has 3 nitrogen and oxygen atoms in total. The molecule has 1 aromatic heterocycles. The van der Waals surface area contributed by atoms with Gasteiger partial charge in [-0.1, -0.05) is 62.8 Å². The Morgan fingerprint density at radius 3 is 2.36 bits per heavy atom. The van der Waals surface area contributed by atoms with E-state index in [0.717, 1.165) is 24.1 Å². The smallest absolute Gasteiger partial charge is 0.162 e. The van der Waals surface area contributed by atoms with Gasteiger partial charge in [0, 0.05) is 29.3 Å². The van der Waals surface area contributed by atoms with Crippen LogP contribution < -0.4 is 0 Å². The number of carbonyl (C=O) groups excluding carboxylic acids is 1. The van der Waals surface area contributed by atoms with Gasteiger partial charge in [0.15, 0.2) is 5.78 Å². The van der Waals surface area contributed by atoms with Gasteiger partial charge in [0.2, 0.25) is 0 Å². The van der Waals surface area contributed by atoms with E-state index in [1.54, 1.807) is 0 Å². The highest BCUT2D eigenvalue weighted by atomic mass is 16.1. The number of nitrogens with zero attached hydrogens (tertiary/aromatic N) is 2. The lowest BCUT2D eigenvalue weighted by Crippen LogP contribution is -2.30. The summed E-state index contributed by atoms with van der Waals surface area (Å²) in [7, 11) is 0. The SMILES string of the molecule is O=C(C1=CC=CC1C(=NCc1ccccn1)C1CCCCC1)C1CCCCC1. The molecule has 0 bridgehead atoms. The second-order valence-corrected chi connectivity index (χ2v) is 8.58. The Labute approximate surface area is 169 Å². The second kappa shape index (κ2) is 9.45. The van der Waals surface area contributed by atoms with Gasteiger partial charge in [-0.05, 0) is 43.7 Å². The number of aliphatic imine (C=N–C) groups is 1. The quantitative estimate of drug-likeness (QED) is 0.583. The molecule has 0 aromatic carbocycles. The van der Waals surface area contributed by atoms with Gasteiger partial charge in [-0.25, -0.2) is 0 Å². The summed E-state index contributed by atoms with van der Waals surface area (Å²) in [5, 5.41) is 0. The van der Waals surface area contributed by atoms with Gasteiger partial charge in [-0.2, -0.15) is 0 Å². The summed E-state index contributed by atoms with van der Waals surface area (Å²) in [6, 6.07) is 6.00. The van der Waals surface area contributed by atoms with Crippen molar-refractivity contribution in [2.75, 3.05) is 0 Å². The molecule has 0 radical (unpaired) electrons. The number of rotatable bonds is 6. The Hall–Kier alpha value is -2.03. The van der Waals surface area contributed by atoms with Gasteiger partial charge in [-0.15, -0.1) is 0 Å². The molecule has 1 atom stereocenters. The van der Waals surface area contributed by atoms with E-state index in [0.29, 0.717) is 18.2 Å². The maximum absolute atomic E-state index is 13.3. The molecule has 0 N–H and O–H groups in total. The fraction of sp³-hybridized carbons (Fsp3) is 0.560. The molecule has 148 valence electrons. The monoisotopic (exact) mass is 376 g/mol. The van der Waals surface area contributed by atoms with E-state index < -0.39 is 0 Å². The minimum atomic E-state index is 0.0845. The van der Waals surface area contributed by atoms with E-state index in [4.69, 9.17) is 4.99 Å². The number of Topliss-reactive ketones (excluding diaryl/α,β-unsaturated/α-hetero) is 1. The second-order valence-electron chi connectivity index (χ2n) is 8.58. The number of pyridine rings is 1. The van der Waals surface area contributed by atoms with Crippen LogP contribution in [0.5, 0.6) is 0 Å². The number of hydrogen-bond donors (Lipinski definition) is 0. The van der Waals surface area contributed by atoms with Gasteiger partial charge < -0.3 is 0 Å². The van der Waals surface area contributed by atoms with Crippen molar-refractivity contribution < 1.29 is 4.79 Å². The third-order valence-electron chi connectivity index (χ3n) is 6.67. The van der Waals surface area contributed by atoms with Crippen molar-refractivity contribution in [3.63, 3.8) is 0 Å². The molecule has 0 aliphatic heterocycles. The van der Waals surface area contributed by atoms with Crippen LogP contribution in [0.15, 0.2) is 53.2 Å². The maximum atomic E-state index is 13.3. The van der Waals surface area contributed by atoms with E-state index in [1.807, 2.05) is 24.4 Å². The van der Waals surface area contributed by atoms with Crippen molar-refractivity contribution in [1.82, 2.24) is 4.98 Å². The van der Waals surface area contributed by atoms with Crippen LogP contribution in [-0.4, -0.2) is 16.5 Å². The van der Waals surface area contributed by atoms with Crippen molar-refractivity contribution in [2.24, 2.45) is 22.7 Å². The summed E-state index contributed by atoms with van der Waals surface area (Å²) in [6.45, 7) is 0.613. The minimum absolute atomic E-state index is 0.0845. The summed E-state index contributed by atoms with van der Waals surface area (Å²) in [4.78, 5) is 22.8. The summed E-state index contributed by atoms with van der Waals surface area (Å²) in [5.74, 6) is 1.20. The number of aromatic nitrogens is 1. The molecule has 0 saturated heterocycles. The highest BCUT2D eigenvalue weighted by Crippen LogP contribution is 2.36. The number of allylic oxidation sites excluding steroid dienone is 4. The zero-order chi connectivity index (χ0) is 19.2. The first-order valence-electron chi connectivity index (χ1n) is 11.2. The fourth-order valence-electron chi connectivity index (χ4n) is 5.12. The van der Waals surface area contributed by atoms with Crippen LogP contribution in [0.25, 0.3) is 0 Å². The molecule has 1 unspecified atom stereocenters. The van der Waals surface area contributed by atoms with Crippen LogP contribution >= 0.6 is 0 Å². The zero-order valence-corrected chi connectivity index (χ0v) is 16.9. The van der Waals surface area contributed by atoms with Crippen molar-refractivity contribution in [2.45, 2.75) is 70.8 Å². The normalized spacial score (nSPS) is 24.4. The van der Waals surface area contributed by atoms with Crippen LogP contribution in [0.4, 0.5) is 0 Å². The Bertz CT molecular complexity index is 750. The molecule has 3 aliphatic carbocycles. The van der Waals surface area contributed by atoms with E-state index in [-0.39, 0.29) is 11.8 Å². The molecule has 1 aromatic rings. The Morgan fingerprint density at radius 2 is 1.68 bits per heavy atom. The third kappa shape index (κ3) is 4.51. The summed E-state index contributed by atoms with van der Waals surface area (Å²) >= 11 is 0. The van der Waals surface area contributed by atoms with Crippen molar-refractivity contribution in [3.8, 4) is 0 Å². The van der Waals surface area contributed by atoms with Crippen LogP contribution in [0.3, 0.4) is 0 Å². The van der Waals surface area contributed by atoms with Gasteiger partial charge in [0.25, 0.3) is 0 Å². The molecule has 1 heterocycles. The average Bonchev–Trinajstić information content (AvgIpc) is 3.25. The molecule has 2 saturated carbocycles. The van der Waals surface area contributed by atoms with E-state index in [9.17, 15) is 4.79 Å². The Balaban J connectivity index is 1.56. The van der Waals surface area contributed by atoms with Crippen LogP contribution in [0, 0.1) is 17.8 Å². The largest absolute Gasteiger partial charge is 0.294 e. The van der Waals surface area contributed by atoms with E-state index >= 15 is 0 Å². The van der Waals surface area contributed by atoms with E-state index in [1.165, 1.54) is 57.1 Å². The lowest BCUT2D eigenvalue weighted by atomic mass is 9.76. The number of carbonyl (C=O) groups is 1. The Kier molecular flexibility index (Phi) is 6.51. The van der Waals surface area contributed by atoms with Gasteiger partial charge >= 0.3 is 0 Å². The molecule has 3 heteroatoms. The number of ketones is 1. The van der Waals surface area contributed by atoms with Crippen molar-refractivity contribution in [3.05, 3.63) is 53.9 Å². The third-order valence-corrected chi connectivity index (χ3v) is 6.67. The fourth-order valence-corrected chi connectivity index (χ4v) is 5.12. The molecule has 3 aliphatic rings. The summed E-state index contributed by atoms with van der Waals surface area (Å²) in [6.07, 6.45) is 20.3. The molecular formula is C25H32N2O. The first-order chi connectivity index (χ1) is 13.8. The lowest BCUT2D eigenvalue weighted by Gasteiger charge is -2.29. The molecule has 4 rings (SSSR count). The van der Waals surface area contributed by atoms with E-state index in [2.05, 4.69) is 23.2 Å². The predicted molar refractivity (Wildman–Crippen MR) is 114 cm³/mol. The molecule has 28 heavy (non-hydrogen) atoms. The zero-order valence-electron chi connectivity index (χ0n) is 16.9. The maximum Gasteiger partial charge on any atom is 0.162 e. The number of hydrogen-bond acceptors (Lipinski definition) is 3. The van der Waals surface area contributed by atoms with Crippen molar-refractivity contribution in [1.29, 1.82) is 0 Å². The predicted octanol–water partition coefficient (Wildman–Crippen LogP) is 5.86. The molecular weight excluding hydrogens is 344 g/mol. The molecule has 0 amide bonds. The molecule has 0 spiro atoms. The topological polar surface area (TPSA) is 42.3 Å². The minimum Gasteiger partial charge on any atom is -0.294 e. The standard InChI is InChI=1S/C25H32N2O/c28-25(20-12-5-2-6-13-20)23-16-9-15-22(23)24(19-10-3-1-4-11-19)27-18-21-14-7-8-17-26-21/h7-9,14-17,19-20,22H,1-6,10-13,18H2. The lowest BCUT2D eigenvalue weighted by molar-refractivity contribution is -0.120. The van der Waals surface area contributed by atoms with Gasteiger partial charge in [0.1, 0.15) is 0 Å². The van der Waals surface area contributed by atoms with Crippen LogP contribution in [0.1, 0.15) is 69.9 Å². The first kappa shape index (κ1) is 19.3. The Morgan fingerprint density at radius 1 is 0.964 bits per heavy atom. The summed E-state index contributed by atoms with van der Waals surface area (Å²) < 4.78 is 0. The van der Waals surface area contributed by atoms with Gasteiger partial charge in [0.05, 0.1) is 12.2 Å². The average molecular weight is 377 g/mol. The summed E-state index contributed by atoms with van der Waals surface area (Å²) in [5.41, 5.74) is 3.23.